The van der Waals surface area contributed by atoms with Crippen molar-refractivity contribution in [2.75, 3.05) is 0 Å². The number of rotatable bonds is 7. The third-order valence-corrected chi connectivity index (χ3v) is 9.18. The smallest absolute Gasteiger partial charge is 0.324 e. The molecule has 3 unspecified atom stereocenters. The quantitative estimate of drug-likeness (QED) is 0.349. The van der Waals surface area contributed by atoms with Gasteiger partial charge in [-0.3, -0.25) is 4.57 Å². The van der Waals surface area contributed by atoms with E-state index in [1.807, 2.05) is 56.3 Å². The highest BCUT2D eigenvalue weighted by atomic mass is 79.9. The number of thiophene rings is 1. The van der Waals surface area contributed by atoms with Crippen molar-refractivity contribution in [3.05, 3.63) is 68.5 Å². The van der Waals surface area contributed by atoms with E-state index in [0.29, 0.717) is 17.9 Å². The Labute approximate surface area is 177 Å². The largest absolute Gasteiger partial charge is 0.336 e. The average Bonchev–Trinajstić information content (AvgIpc) is 2.96. The molecule has 3 rings (SSSR count). The Morgan fingerprint density at radius 3 is 2.67 bits per heavy atom. The SMILES string of the molecule is CCC(C)OP(=O)(O)C(Cc1cccc(Cl)c1)c1sc2ccccc2c1Br. The van der Waals surface area contributed by atoms with Gasteiger partial charge in [0.1, 0.15) is 5.66 Å². The van der Waals surface area contributed by atoms with Crippen molar-refractivity contribution >= 4 is 56.5 Å². The van der Waals surface area contributed by atoms with Crippen molar-refractivity contribution in [3.8, 4) is 0 Å². The molecule has 2 aromatic carbocycles. The van der Waals surface area contributed by atoms with Gasteiger partial charge in [-0.1, -0.05) is 48.9 Å². The normalized spacial score (nSPS) is 16.2. The van der Waals surface area contributed by atoms with Crippen LogP contribution < -0.4 is 0 Å². The average molecular weight is 488 g/mol. The molecule has 3 aromatic rings. The van der Waals surface area contributed by atoms with Gasteiger partial charge in [-0.2, -0.15) is 0 Å². The van der Waals surface area contributed by atoms with Crippen LogP contribution in [0.4, 0.5) is 0 Å². The standard InChI is InChI=1S/C20H21BrClO3PS/c1-3-13(2)25-26(23,24)17(12-14-7-6-8-15(22)11-14)20-19(21)16-9-4-5-10-18(16)27-20/h4-11,13,17H,3,12H2,1-2H3,(H,23,24). The van der Waals surface area contributed by atoms with Crippen LogP contribution >= 0.6 is 46.5 Å². The molecule has 1 N–H and O–H groups in total. The molecule has 0 bridgehead atoms. The predicted octanol–water partition coefficient (Wildman–Crippen LogP) is 7.60. The second-order valence-corrected chi connectivity index (χ2v) is 10.8. The molecular formula is C20H21BrClO3PS. The molecule has 0 aliphatic rings. The Bertz CT molecular complexity index is 990. The zero-order valence-electron chi connectivity index (χ0n) is 15.1. The fraction of sp³-hybridized carbons (Fsp3) is 0.300. The van der Waals surface area contributed by atoms with Gasteiger partial charge in [0.15, 0.2) is 0 Å². The monoisotopic (exact) mass is 486 g/mol. The molecule has 0 aliphatic carbocycles. The summed E-state index contributed by atoms with van der Waals surface area (Å²) >= 11 is 11.3. The molecule has 0 aliphatic heterocycles. The van der Waals surface area contributed by atoms with Gasteiger partial charge in [0.25, 0.3) is 0 Å². The lowest BCUT2D eigenvalue weighted by molar-refractivity contribution is 0.180. The summed E-state index contributed by atoms with van der Waals surface area (Å²) in [5, 5.41) is 1.65. The lowest BCUT2D eigenvalue weighted by atomic mass is 10.1. The Hall–Kier alpha value is -0.680. The molecule has 0 amide bonds. The van der Waals surface area contributed by atoms with Gasteiger partial charge in [0.2, 0.25) is 0 Å². The molecule has 1 aromatic heterocycles. The molecule has 1 heterocycles. The molecule has 0 saturated heterocycles. The first-order valence-electron chi connectivity index (χ1n) is 8.74. The molecular weight excluding hydrogens is 467 g/mol. The van der Waals surface area contributed by atoms with E-state index < -0.39 is 13.3 Å². The van der Waals surface area contributed by atoms with Crippen LogP contribution in [0.5, 0.6) is 0 Å². The molecule has 3 nitrogen and oxygen atoms in total. The minimum atomic E-state index is -3.92. The van der Waals surface area contributed by atoms with Gasteiger partial charge in [0.05, 0.1) is 6.10 Å². The topological polar surface area (TPSA) is 46.5 Å². The van der Waals surface area contributed by atoms with Crippen LogP contribution in [-0.2, 0) is 15.5 Å². The van der Waals surface area contributed by atoms with E-state index in [-0.39, 0.29) is 6.10 Å². The summed E-state index contributed by atoms with van der Waals surface area (Å²) in [4.78, 5) is 11.7. The molecule has 144 valence electrons. The van der Waals surface area contributed by atoms with E-state index in [4.69, 9.17) is 16.1 Å². The van der Waals surface area contributed by atoms with Crippen LogP contribution in [0.3, 0.4) is 0 Å². The fourth-order valence-corrected chi connectivity index (χ4v) is 7.60. The minimum Gasteiger partial charge on any atom is -0.324 e. The highest BCUT2D eigenvalue weighted by Gasteiger charge is 2.38. The van der Waals surface area contributed by atoms with Crippen LogP contribution in [-0.4, -0.2) is 11.0 Å². The Morgan fingerprint density at radius 1 is 1.26 bits per heavy atom. The molecule has 7 heteroatoms. The molecule has 0 saturated carbocycles. The van der Waals surface area contributed by atoms with Crippen molar-refractivity contribution in [1.29, 1.82) is 0 Å². The van der Waals surface area contributed by atoms with Crippen molar-refractivity contribution < 1.29 is 14.0 Å². The maximum Gasteiger partial charge on any atom is 0.336 e. The molecule has 0 fully saturated rings. The van der Waals surface area contributed by atoms with E-state index in [0.717, 1.165) is 25.0 Å². The summed E-state index contributed by atoms with van der Waals surface area (Å²) in [7, 11) is -3.92. The number of hydrogen-bond acceptors (Lipinski definition) is 3. The second-order valence-electron chi connectivity index (χ2n) is 6.51. The van der Waals surface area contributed by atoms with Gasteiger partial charge in [-0.15, -0.1) is 11.3 Å². The highest BCUT2D eigenvalue weighted by molar-refractivity contribution is 9.10. The summed E-state index contributed by atoms with van der Waals surface area (Å²) in [6.45, 7) is 3.76. The Balaban J connectivity index is 2.08. The van der Waals surface area contributed by atoms with E-state index in [1.54, 1.807) is 6.07 Å². The summed E-state index contributed by atoms with van der Waals surface area (Å²) in [6, 6.07) is 15.4. The number of benzene rings is 2. The van der Waals surface area contributed by atoms with Gasteiger partial charge >= 0.3 is 7.60 Å². The Morgan fingerprint density at radius 2 is 2.00 bits per heavy atom. The van der Waals surface area contributed by atoms with Gasteiger partial charge in [-0.25, -0.2) is 0 Å². The lowest BCUT2D eigenvalue weighted by Gasteiger charge is -2.25. The van der Waals surface area contributed by atoms with Crippen LogP contribution in [0.1, 0.15) is 36.4 Å². The van der Waals surface area contributed by atoms with Crippen LogP contribution in [0.15, 0.2) is 53.0 Å². The summed E-state index contributed by atoms with van der Waals surface area (Å²) in [5.74, 6) is 0. The first-order valence-corrected chi connectivity index (χ1v) is 12.4. The van der Waals surface area contributed by atoms with Crippen LogP contribution in [0.25, 0.3) is 10.1 Å². The third-order valence-electron chi connectivity index (χ3n) is 4.48. The van der Waals surface area contributed by atoms with Crippen LogP contribution in [0, 0.1) is 0 Å². The first-order chi connectivity index (χ1) is 12.8. The zero-order chi connectivity index (χ0) is 19.6. The molecule has 0 spiro atoms. The van der Waals surface area contributed by atoms with Gasteiger partial charge in [-0.05, 0) is 59.5 Å². The molecule has 27 heavy (non-hydrogen) atoms. The van der Waals surface area contributed by atoms with E-state index in [1.165, 1.54) is 11.3 Å². The zero-order valence-corrected chi connectivity index (χ0v) is 19.1. The van der Waals surface area contributed by atoms with Gasteiger partial charge in [0, 0.05) is 24.5 Å². The number of halogens is 2. The molecule has 3 atom stereocenters. The third kappa shape index (κ3) is 4.84. The van der Waals surface area contributed by atoms with Crippen molar-refractivity contribution in [3.63, 3.8) is 0 Å². The van der Waals surface area contributed by atoms with Crippen molar-refractivity contribution in [2.45, 2.75) is 38.5 Å². The van der Waals surface area contributed by atoms with Gasteiger partial charge < -0.3 is 9.42 Å². The predicted molar refractivity (Wildman–Crippen MR) is 118 cm³/mol. The van der Waals surface area contributed by atoms with E-state index in [9.17, 15) is 9.46 Å². The minimum absolute atomic E-state index is 0.296. The second kappa shape index (κ2) is 8.77. The summed E-state index contributed by atoms with van der Waals surface area (Å²) < 4.78 is 20.8. The highest BCUT2D eigenvalue weighted by Crippen LogP contribution is 2.62. The lowest BCUT2D eigenvalue weighted by Crippen LogP contribution is -2.11. The van der Waals surface area contributed by atoms with Crippen molar-refractivity contribution in [2.24, 2.45) is 0 Å². The summed E-state index contributed by atoms with van der Waals surface area (Å²) in [5.41, 5.74) is 0.232. The summed E-state index contributed by atoms with van der Waals surface area (Å²) in [6.07, 6.45) is 0.744. The fourth-order valence-electron chi connectivity index (χ4n) is 2.90. The maximum absolute atomic E-state index is 13.3. The number of fused-ring (bicyclic) bond motifs is 1. The first kappa shape index (κ1) is 21.0. The van der Waals surface area contributed by atoms with Crippen molar-refractivity contribution in [1.82, 2.24) is 0 Å². The van der Waals surface area contributed by atoms with Crippen LogP contribution in [0.2, 0.25) is 5.02 Å². The Kier molecular flexibility index (Phi) is 6.83. The van der Waals surface area contributed by atoms with E-state index in [2.05, 4.69) is 15.9 Å². The number of hydrogen-bond donors (Lipinski definition) is 1. The van der Waals surface area contributed by atoms with E-state index >= 15 is 0 Å². The maximum atomic E-state index is 13.3. The molecule has 0 radical (unpaired) electrons.